The minimum Gasteiger partial charge on any atom is -0.475 e. The minimum atomic E-state index is -0.676. The van der Waals surface area contributed by atoms with E-state index in [1.54, 1.807) is 18.7 Å². The zero-order valence-corrected chi connectivity index (χ0v) is 10.5. The number of para-hydroxylation sites is 1. The quantitative estimate of drug-likeness (QED) is 0.831. The molecule has 0 bridgehead atoms. The highest BCUT2D eigenvalue weighted by molar-refractivity contribution is 8.00. The molecular formula is C12H17NO2S. The van der Waals surface area contributed by atoms with Gasteiger partial charge in [-0.1, -0.05) is 23.9 Å². The maximum atomic E-state index is 10.0. The Bertz CT molecular complexity index is 404. The van der Waals surface area contributed by atoms with Gasteiger partial charge in [-0.25, -0.2) is 0 Å². The van der Waals surface area contributed by atoms with Crippen LogP contribution in [0.4, 0.5) is 0 Å². The first kappa shape index (κ1) is 11.8. The Hall–Kier alpha value is -0.710. The van der Waals surface area contributed by atoms with Crippen molar-refractivity contribution in [3.63, 3.8) is 0 Å². The Kier molecular flexibility index (Phi) is 2.90. The van der Waals surface area contributed by atoms with Crippen molar-refractivity contribution in [2.45, 2.75) is 42.7 Å². The molecule has 16 heavy (non-hydrogen) atoms. The highest BCUT2D eigenvalue weighted by atomic mass is 32.2. The predicted octanol–water partition coefficient (Wildman–Crippen LogP) is 2.29. The number of thioether (sulfide) groups is 1. The summed E-state index contributed by atoms with van der Waals surface area (Å²) in [6, 6.07) is 5.50. The largest absolute Gasteiger partial charge is 0.475 e. The van der Waals surface area contributed by atoms with Gasteiger partial charge in [0.25, 0.3) is 0 Å². The van der Waals surface area contributed by atoms with Crippen LogP contribution in [0.15, 0.2) is 23.1 Å². The molecule has 1 aromatic rings. The van der Waals surface area contributed by atoms with Gasteiger partial charge in [-0.3, -0.25) is 0 Å². The van der Waals surface area contributed by atoms with Gasteiger partial charge >= 0.3 is 0 Å². The summed E-state index contributed by atoms with van der Waals surface area (Å²) in [4.78, 5) is 0.804. The smallest absolute Gasteiger partial charge is 0.153 e. The van der Waals surface area contributed by atoms with Crippen LogP contribution < -0.4 is 10.5 Å². The number of ether oxygens (including phenoxy) is 1. The Morgan fingerprint density at radius 2 is 2.12 bits per heavy atom. The lowest BCUT2D eigenvalue weighted by Crippen LogP contribution is -2.25. The van der Waals surface area contributed by atoms with Crippen LogP contribution in [0, 0.1) is 0 Å². The summed E-state index contributed by atoms with van der Waals surface area (Å²) >= 11 is 1.66. The van der Waals surface area contributed by atoms with E-state index >= 15 is 0 Å². The first-order chi connectivity index (χ1) is 7.41. The molecule has 0 amide bonds. The van der Waals surface area contributed by atoms with Crippen LogP contribution in [0.2, 0.25) is 0 Å². The fourth-order valence-electron chi connectivity index (χ4n) is 1.77. The second-order valence-electron chi connectivity index (χ2n) is 4.58. The molecule has 0 fully saturated rings. The number of aliphatic hydroxyl groups is 1. The number of benzene rings is 1. The third kappa shape index (κ3) is 2.05. The topological polar surface area (TPSA) is 55.5 Å². The molecule has 1 aliphatic rings. The van der Waals surface area contributed by atoms with Gasteiger partial charge in [-0.15, -0.1) is 0 Å². The van der Waals surface area contributed by atoms with Gasteiger partial charge in [-0.05, 0) is 26.8 Å². The molecule has 4 heteroatoms. The summed E-state index contributed by atoms with van der Waals surface area (Å²) in [6.07, 6.45) is -0.676. The van der Waals surface area contributed by atoms with E-state index in [0.29, 0.717) is 0 Å². The van der Waals surface area contributed by atoms with Gasteiger partial charge in [0.05, 0.1) is 11.0 Å². The summed E-state index contributed by atoms with van der Waals surface area (Å²) < 4.78 is 5.84. The standard InChI is InChI=1S/C12H17NO2S/c1-7(13)10(14)8-5-4-6-9-11(8)15-12(2,3)16-9/h4-7,10,14H,13H2,1-3H3. The first-order valence-corrected chi connectivity index (χ1v) is 6.17. The predicted molar refractivity (Wildman–Crippen MR) is 65.6 cm³/mol. The van der Waals surface area contributed by atoms with Crippen LogP contribution >= 0.6 is 11.8 Å². The molecule has 3 nitrogen and oxygen atoms in total. The zero-order valence-electron chi connectivity index (χ0n) is 9.73. The highest BCUT2D eigenvalue weighted by Gasteiger charge is 2.34. The molecule has 0 saturated carbocycles. The molecule has 1 aliphatic heterocycles. The number of nitrogens with two attached hydrogens (primary N) is 1. The van der Waals surface area contributed by atoms with Crippen molar-refractivity contribution in [2.75, 3.05) is 0 Å². The first-order valence-electron chi connectivity index (χ1n) is 5.35. The van der Waals surface area contributed by atoms with Crippen molar-refractivity contribution in [3.05, 3.63) is 23.8 Å². The van der Waals surface area contributed by atoms with E-state index in [1.807, 2.05) is 32.0 Å². The van der Waals surface area contributed by atoms with Crippen LogP contribution in [-0.4, -0.2) is 16.1 Å². The molecule has 88 valence electrons. The highest BCUT2D eigenvalue weighted by Crippen LogP contribution is 2.49. The summed E-state index contributed by atoms with van der Waals surface area (Å²) in [5.41, 5.74) is 6.50. The van der Waals surface area contributed by atoms with Crippen LogP contribution in [0.1, 0.15) is 32.4 Å². The lowest BCUT2D eigenvalue weighted by Gasteiger charge is -2.20. The minimum absolute atomic E-state index is 0.268. The molecule has 3 N–H and O–H groups in total. The zero-order chi connectivity index (χ0) is 11.9. The molecule has 0 aromatic heterocycles. The number of hydrogen-bond donors (Lipinski definition) is 2. The Labute approximate surface area is 100.0 Å². The maximum Gasteiger partial charge on any atom is 0.153 e. The van der Waals surface area contributed by atoms with Gasteiger partial charge in [0, 0.05) is 11.6 Å². The second kappa shape index (κ2) is 3.95. The van der Waals surface area contributed by atoms with E-state index in [4.69, 9.17) is 10.5 Å². The van der Waals surface area contributed by atoms with Gasteiger partial charge in [0.1, 0.15) is 5.75 Å². The molecule has 0 radical (unpaired) electrons. The molecule has 2 atom stereocenters. The molecule has 1 heterocycles. The van der Waals surface area contributed by atoms with Crippen molar-refractivity contribution in [2.24, 2.45) is 5.73 Å². The molecule has 0 aliphatic carbocycles. The number of fused-ring (bicyclic) bond motifs is 1. The van der Waals surface area contributed by atoms with Crippen molar-refractivity contribution in [1.82, 2.24) is 0 Å². The molecule has 0 saturated heterocycles. The van der Waals surface area contributed by atoms with E-state index in [2.05, 4.69) is 0 Å². The van der Waals surface area contributed by atoms with Crippen LogP contribution in [-0.2, 0) is 0 Å². The van der Waals surface area contributed by atoms with Crippen LogP contribution in [0.3, 0.4) is 0 Å². The fraction of sp³-hybridized carbons (Fsp3) is 0.500. The lowest BCUT2D eigenvalue weighted by atomic mass is 10.0. The number of rotatable bonds is 2. The monoisotopic (exact) mass is 239 g/mol. The second-order valence-corrected chi connectivity index (χ2v) is 6.21. The van der Waals surface area contributed by atoms with Crippen molar-refractivity contribution >= 4 is 11.8 Å². The lowest BCUT2D eigenvalue weighted by molar-refractivity contribution is 0.141. The Morgan fingerprint density at radius 1 is 1.44 bits per heavy atom. The van der Waals surface area contributed by atoms with Crippen molar-refractivity contribution in [1.29, 1.82) is 0 Å². The Morgan fingerprint density at radius 3 is 2.75 bits per heavy atom. The summed E-state index contributed by atoms with van der Waals surface area (Å²) in [7, 11) is 0. The van der Waals surface area contributed by atoms with Gasteiger partial charge < -0.3 is 15.6 Å². The normalized spacial score (nSPS) is 21.1. The molecule has 0 spiro atoms. The molecule has 2 unspecified atom stereocenters. The van der Waals surface area contributed by atoms with E-state index in [9.17, 15) is 5.11 Å². The number of hydrogen-bond acceptors (Lipinski definition) is 4. The molecular weight excluding hydrogens is 222 g/mol. The Balaban J connectivity index is 2.41. The van der Waals surface area contributed by atoms with E-state index < -0.39 is 6.10 Å². The summed E-state index contributed by atoms with van der Waals surface area (Å²) in [5.74, 6) is 0.780. The average molecular weight is 239 g/mol. The summed E-state index contributed by atoms with van der Waals surface area (Å²) in [6.45, 7) is 5.82. The average Bonchev–Trinajstić information content (AvgIpc) is 2.49. The van der Waals surface area contributed by atoms with E-state index in [0.717, 1.165) is 16.2 Å². The summed E-state index contributed by atoms with van der Waals surface area (Å²) in [5, 5.41) is 10.0. The van der Waals surface area contributed by atoms with Gasteiger partial charge in [0.2, 0.25) is 0 Å². The maximum absolute atomic E-state index is 10.0. The van der Waals surface area contributed by atoms with Crippen LogP contribution in [0.25, 0.3) is 0 Å². The van der Waals surface area contributed by atoms with E-state index in [1.165, 1.54) is 0 Å². The third-order valence-corrected chi connectivity index (χ3v) is 3.65. The molecule has 2 rings (SSSR count). The van der Waals surface area contributed by atoms with E-state index in [-0.39, 0.29) is 11.0 Å². The van der Waals surface area contributed by atoms with Gasteiger partial charge in [0.15, 0.2) is 4.93 Å². The van der Waals surface area contributed by atoms with Crippen LogP contribution in [0.5, 0.6) is 5.75 Å². The fourth-order valence-corrected chi connectivity index (χ4v) is 2.82. The molecule has 1 aromatic carbocycles. The third-order valence-electron chi connectivity index (χ3n) is 2.53. The van der Waals surface area contributed by atoms with Crippen molar-refractivity contribution < 1.29 is 9.84 Å². The van der Waals surface area contributed by atoms with Crippen molar-refractivity contribution in [3.8, 4) is 5.75 Å². The SMILES string of the molecule is CC(N)C(O)c1cccc2c1OC(C)(C)S2. The number of aliphatic hydroxyl groups excluding tert-OH is 1. The van der Waals surface area contributed by atoms with Gasteiger partial charge in [-0.2, -0.15) is 0 Å².